The molecule has 1 N–H and O–H groups in total. The van der Waals surface area contributed by atoms with Crippen LogP contribution in [0.1, 0.15) is 30.5 Å². The van der Waals surface area contributed by atoms with E-state index in [2.05, 4.69) is 10.2 Å². The van der Waals surface area contributed by atoms with E-state index in [1.54, 1.807) is 19.9 Å². The fourth-order valence-corrected chi connectivity index (χ4v) is 2.30. The van der Waals surface area contributed by atoms with Crippen molar-refractivity contribution in [2.24, 2.45) is 10.2 Å². The molecule has 0 aliphatic rings. The Hall–Kier alpha value is -2.94. The number of aromatic nitrogens is 1. The fraction of sp³-hybridized carbons (Fsp3) is 0.294. The summed E-state index contributed by atoms with van der Waals surface area (Å²) >= 11 is 0. The maximum absolute atomic E-state index is 12.4. The lowest BCUT2D eigenvalue weighted by Crippen LogP contribution is -2.20. The maximum atomic E-state index is 12.4. The first kappa shape index (κ1) is 16.4. The molecule has 1 aromatic heterocycles. The summed E-state index contributed by atoms with van der Waals surface area (Å²) in [4.78, 5) is 12.4. The third kappa shape index (κ3) is 3.14. The van der Waals surface area contributed by atoms with Gasteiger partial charge in [0.1, 0.15) is 11.6 Å². The standard InChI is InChI=1S/C17H18N4O2/c1-4-12-7-6-8-13(9-12)19-20-15-11(3)14(10-18)16(22)21(5-2)17(15)23/h6-9,22H,4-5H2,1-3H3. The molecule has 0 spiro atoms. The Labute approximate surface area is 134 Å². The van der Waals surface area contributed by atoms with Crippen LogP contribution in [0, 0.1) is 18.3 Å². The maximum Gasteiger partial charge on any atom is 0.281 e. The highest BCUT2D eigenvalue weighted by molar-refractivity contribution is 5.56. The molecular weight excluding hydrogens is 292 g/mol. The van der Waals surface area contributed by atoms with Gasteiger partial charge in [0.05, 0.1) is 5.69 Å². The van der Waals surface area contributed by atoms with Crippen LogP contribution in [0.2, 0.25) is 0 Å². The van der Waals surface area contributed by atoms with Crippen molar-refractivity contribution < 1.29 is 5.11 Å². The fourth-order valence-electron chi connectivity index (χ4n) is 2.30. The van der Waals surface area contributed by atoms with Crippen LogP contribution in [-0.2, 0) is 13.0 Å². The number of hydrogen-bond donors (Lipinski definition) is 1. The van der Waals surface area contributed by atoms with Gasteiger partial charge in [-0.2, -0.15) is 10.4 Å². The van der Waals surface area contributed by atoms with E-state index >= 15 is 0 Å². The molecule has 0 aliphatic heterocycles. The van der Waals surface area contributed by atoms with Gasteiger partial charge in [0.15, 0.2) is 5.69 Å². The highest BCUT2D eigenvalue weighted by atomic mass is 16.3. The molecule has 0 atom stereocenters. The zero-order chi connectivity index (χ0) is 17.0. The van der Waals surface area contributed by atoms with Crippen molar-refractivity contribution >= 4 is 11.4 Å². The second-order valence-corrected chi connectivity index (χ2v) is 5.06. The van der Waals surface area contributed by atoms with Crippen LogP contribution in [0.15, 0.2) is 39.3 Å². The van der Waals surface area contributed by atoms with Crippen LogP contribution in [0.5, 0.6) is 5.88 Å². The second-order valence-electron chi connectivity index (χ2n) is 5.06. The Morgan fingerprint density at radius 1 is 1.30 bits per heavy atom. The van der Waals surface area contributed by atoms with Crippen molar-refractivity contribution in [1.82, 2.24) is 4.57 Å². The number of benzene rings is 1. The molecule has 1 heterocycles. The van der Waals surface area contributed by atoms with E-state index in [0.29, 0.717) is 11.3 Å². The molecule has 0 aliphatic carbocycles. The third-order valence-electron chi connectivity index (χ3n) is 3.67. The number of nitriles is 1. The molecule has 0 amide bonds. The number of pyridine rings is 1. The monoisotopic (exact) mass is 310 g/mol. The van der Waals surface area contributed by atoms with Gasteiger partial charge in [0.25, 0.3) is 5.56 Å². The Kier molecular flexibility index (Phi) is 4.91. The number of hydrogen-bond acceptors (Lipinski definition) is 5. The first-order valence-corrected chi connectivity index (χ1v) is 7.40. The molecule has 2 rings (SSSR count). The molecule has 2 aromatic rings. The lowest BCUT2D eigenvalue weighted by atomic mass is 10.1. The van der Waals surface area contributed by atoms with E-state index < -0.39 is 5.56 Å². The lowest BCUT2D eigenvalue weighted by Gasteiger charge is -2.10. The molecule has 118 valence electrons. The van der Waals surface area contributed by atoms with E-state index in [1.165, 1.54) is 0 Å². The van der Waals surface area contributed by atoms with Gasteiger partial charge in [-0.3, -0.25) is 9.36 Å². The number of azo groups is 1. The van der Waals surface area contributed by atoms with Gasteiger partial charge >= 0.3 is 0 Å². The van der Waals surface area contributed by atoms with Crippen LogP contribution in [0.25, 0.3) is 0 Å². The summed E-state index contributed by atoms with van der Waals surface area (Å²) in [5.41, 5.74) is 1.74. The summed E-state index contributed by atoms with van der Waals surface area (Å²) < 4.78 is 1.11. The van der Waals surface area contributed by atoms with Gasteiger partial charge in [-0.05, 0) is 38.0 Å². The predicted molar refractivity (Wildman–Crippen MR) is 87.5 cm³/mol. The van der Waals surface area contributed by atoms with Crippen LogP contribution in [0.4, 0.5) is 11.4 Å². The Bertz CT molecular complexity index is 860. The third-order valence-corrected chi connectivity index (χ3v) is 3.67. The smallest absolute Gasteiger partial charge is 0.281 e. The molecule has 0 fully saturated rings. The Morgan fingerprint density at radius 3 is 2.65 bits per heavy atom. The highest BCUT2D eigenvalue weighted by Crippen LogP contribution is 2.26. The molecule has 0 bridgehead atoms. The molecule has 1 aromatic carbocycles. The largest absolute Gasteiger partial charge is 0.493 e. The van der Waals surface area contributed by atoms with Crippen LogP contribution in [0.3, 0.4) is 0 Å². The number of rotatable bonds is 4. The molecule has 23 heavy (non-hydrogen) atoms. The topological polar surface area (TPSA) is 90.7 Å². The van der Waals surface area contributed by atoms with Crippen molar-refractivity contribution in [2.45, 2.75) is 33.7 Å². The average molecular weight is 310 g/mol. The first-order chi connectivity index (χ1) is 11.0. The van der Waals surface area contributed by atoms with Crippen LogP contribution in [-0.4, -0.2) is 9.67 Å². The first-order valence-electron chi connectivity index (χ1n) is 7.40. The zero-order valence-electron chi connectivity index (χ0n) is 13.4. The SMILES string of the molecule is CCc1cccc(N=Nc2c(C)c(C#N)c(O)n(CC)c2=O)c1. The van der Waals surface area contributed by atoms with Crippen LogP contribution < -0.4 is 5.56 Å². The summed E-state index contributed by atoms with van der Waals surface area (Å²) in [6.45, 7) is 5.58. The molecule has 6 heteroatoms. The van der Waals surface area contributed by atoms with Crippen LogP contribution >= 0.6 is 0 Å². The Balaban J connectivity index is 2.57. The number of aromatic hydroxyl groups is 1. The molecule has 0 radical (unpaired) electrons. The normalized spacial score (nSPS) is 10.9. The average Bonchev–Trinajstić information content (AvgIpc) is 2.55. The summed E-state index contributed by atoms with van der Waals surface area (Å²) in [6, 6.07) is 9.46. The molecular formula is C17H18N4O2. The molecule has 0 unspecified atom stereocenters. The van der Waals surface area contributed by atoms with Crippen molar-refractivity contribution in [2.75, 3.05) is 0 Å². The molecule has 0 saturated carbocycles. The van der Waals surface area contributed by atoms with Gasteiger partial charge in [-0.25, -0.2) is 0 Å². The number of aryl methyl sites for hydroxylation is 1. The summed E-state index contributed by atoms with van der Waals surface area (Å²) in [6.07, 6.45) is 0.878. The van der Waals surface area contributed by atoms with E-state index in [0.717, 1.165) is 16.6 Å². The highest BCUT2D eigenvalue weighted by Gasteiger charge is 2.18. The van der Waals surface area contributed by atoms with Crippen molar-refractivity contribution in [3.05, 3.63) is 51.3 Å². The summed E-state index contributed by atoms with van der Waals surface area (Å²) in [7, 11) is 0. The van der Waals surface area contributed by atoms with Crippen molar-refractivity contribution in [3.8, 4) is 11.9 Å². The van der Waals surface area contributed by atoms with Gasteiger partial charge in [-0.15, -0.1) is 5.11 Å². The number of nitrogens with zero attached hydrogens (tertiary/aromatic N) is 4. The van der Waals surface area contributed by atoms with Crippen molar-refractivity contribution in [3.63, 3.8) is 0 Å². The van der Waals surface area contributed by atoms with Gasteiger partial charge in [0, 0.05) is 12.1 Å². The predicted octanol–water partition coefficient (Wildman–Crippen LogP) is 3.73. The second kappa shape index (κ2) is 6.88. The zero-order valence-corrected chi connectivity index (χ0v) is 13.4. The minimum absolute atomic E-state index is 0.0442. The van der Waals surface area contributed by atoms with Gasteiger partial charge in [-0.1, -0.05) is 19.1 Å². The van der Waals surface area contributed by atoms with E-state index in [4.69, 9.17) is 0 Å². The minimum Gasteiger partial charge on any atom is -0.493 e. The van der Waals surface area contributed by atoms with E-state index in [-0.39, 0.29) is 23.7 Å². The molecule has 6 nitrogen and oxygen atoms in total. The minimum atomic E-state index is -0.461. The Morgan fingerprint density at radius 2 is 2.04 bits per heavy atom. The summed E-state index contributed by atoms with van der Waals surface area (Å²) in [5.74, 6) is -0.329. The van der Waals surface area contributed by atoms with E-state index in [1.807, 2.05) is 31.2 Å². The van der Waals surface area contributed by atoms with Gasteiger partial charge in [0.2, 0.25) is 5.88 Å². The van der Waals surface area contributed by atoms with Crippen molar-refractivity contribution in [1.29, 1.82) is 5.26 Å². The van der Waals surface area contributed by atoms with Gasteiger partial charge < -0.3 is 5.11 Å². The molecule has 0 saturated heterocycles. The summed E-state index contributed by atoms with van der Waals surface area (Å²) in [5, 5.41) is 27.3. The lowest BCUT2D eigenvalue weighted by molar-refractivity contribution is 0.409. The quantitative estimate of drug-likeness (QED) is 0.872. The van der Waals surface area contributed by atoms with E-state index in [9.17, 15) is 15.2 Å².